The summed E-state index contributed by atoms with van der Waals surface area (Å²) in [5, 5.41) is 13.5. The average molecular weight is 547 g/mol. The number of hydrogen-bond donors (Lipinski definition) is 1. The van der Waals surface area contributed by atoms with E-state index in [9.17, 15) is 18.0 Å². The number of carboxylic acid groups (broad SMARTS) is 1. The van der Waals surface area contributed by atoms with E-state index in [1.165, 1.54) is 6.07 Å². The van der Waals surface area contributed by atoms with Crippen molar-refractivity contribution in [2.24, 2.45) is 0 Å². The van der Waals surface area contributed by atoms with Gasteiger partial charge in [-0.15, -0.1) is 0 Å². The molecule has 0 radical (unpaired) electrons. The van der Waals surface area contributed by atoms with Gasteiger partial charge in [0.05, 0.1) is 30.0 Å². The topological polar surface area (TPSA) is 64.3 Å². The van der Waals surface area contributed by atoms with Gasteiger partial charge in [0.15, 0.2) is 0 Å². The van der Waals surface area contributed by atoms with E-state index in [-0.39, 0.29) is 23.8 Å². The van der Waals surface area contributed by atoms with Crippen molar-refractivity contribution < 1.29 is 27.8 Å². The van der Waals surface area contributed by atoms with E-state index in [4.69, 9.17) is 9.84 Å². The van der Waals surface area contributed by atoms with Gasteiger partial charge in [0.2, 0.25) is 0 Å². The summed E-state index contributed by atoms with van der Waals surface area (Å²) in [7, 11) is 0. The Morgan fingerprint density at radius 3 is 2.52 bits per heavy atom. The Labute approximate surface area is 230 Å². The minimum atomic E-state index is -4.46. The smallest absolute Gasteiger partial charge is 0.417 e. The first-order valence-electron chi connectivity index (χ1n) is 13.5. The van der Waals surface area contributed by atoms with Crippen LogP contribution in [0, 0.1) is 6.92 Å². The molecule has 0 fully saturated rings. The zero-order valence-electron chi connectivity index (χ0n) is 22.0. The Morgan fingerprint density at radius 2 is 1.82 bits per heavy atom. The number of aromatic nitrogens is 2. The second-order valence-corrected chi connectivity index (χ2v) is 10.8. The number of aliphatic carboxylic acids is 1. The van der Waals surface area contributed by atoms with Gasteiger partial charge in [-0.25, -0.2) is 4.68 Å². The van der Waals surface area contributed by atoms with E-state index in [1.807, 2.05) is 49.5 Å². The third-order valence-electron chi connectivity index (χ3n) is 8.14. The molecular weight excluding hydrogens is 517 g/mol. The Kier molecular flexibility index (Phi) is 6.64. The number of hydrogen-bond acceptors (Lipinski definition) is 3. The first-order valence-corrected chi connectivity index (χ1v) is 13.5. The SMILES string of the molecule is Cc1ccn(-c2ccc(-c3c(C(F)(F)F)ccc4c3CC[C@H]4CCc3ccc4c(c3)OC[C@H]4CC(=O)O)cc2)n1. The van der Waals surface area contributed by atoms with Crippen molar-refractivity contribution in [3.05, 3.63) is 100 Å². The lowest BCUT2D eigenvalue weighted by Gasteiger charge is -2.19. The fourth-order valence-electron chi connectivity index (χ4n) is 6.19. The molecule has 0 spiro atoms. The molecule has 2 atom stereocenters. The molecule has 1 aliphatic heterocycles. The zero-order chi connectivity index (χ0) is 28.0. The van der Waals surface area contributed by atoms with Crippen molar-refractivity contribution >= 4 is 5.97 Å². The van der Waals surface area contributed by atoms with E-state index >= 15 is 0 Å². The minimum absolute atomic E-state index is 0.0408. The van der Waals surface area contributed by atoms with E-state index in [2.05, 4.69) is 5.10 Å². The fourth-order valence-corrected chi connectivity index (χ4v) is 6.19. The van der Waals surface area contributed by atoms with Gasteiger partial charge in [0.1, 0.15) is 5.75 Å². The highest BCUT2D eigenvalue weighted by molar-refractivity contribution is 5.75. The summed E-state index contributed by atoms with van der Waals surface area (Å²) in [5.41, 5.74) is 5.70. The summed E-state index contributed by atoms with van der Waals surface area (Å²) in [6, 6.07) is 17.9. The maximum atomic E-state index is 14.2. The largest absolute Gasteiger partial charge is 0.493 e. The van der Waals surface area contributed by atoms with Crippen molar-refractivity contribution in [1.29, 1.82) is 0 Å². The van der Waals surface area contributed by atoms with Crippen LogP contribution in [0.5, 0.6) is 5.75 Å². The van der Waals surface area contributed by atoms with E-state index in [0.717, 1.165) is 58.6 Å². The molecular formula is C32H29F3N2O3. The van der Waals surface area contributed by atoms with Crippen LogP contribution in [-0.4, -0.2) is 27.5 Å². The molecule has 40 heavy (non-hydrogen) atoms. The van der Waals surface area contributed by atoms with Crippen LogP contribution in [0.2, 0.25) is 0 Å². The van der Waals surface area contributed by atoms with Gasteiger partial charge in [-0.2, -0.15) is 18.3 Å². The van der Waals surface area contributed by atoms with Gasteiger partial charge in [-0.3, -0.25) is 4.79 Å². The van der Waals surface area contributed by atoms with Gasteiger partial charge in [0, 0.05) is 17.7 Å². The van der Waals surface area contributed by atoms with Crippen LogP contribution < -0.4 is 4.74 Å². The molecule has 0 saturated heterocycles. The van der Waals surface area contributed by atoms with Gasteiger partial charge < -0.3 is 9.84 Å². The molecule has 5 nitrogen and oxygen atoms in total. The number of fused-ring (bicyclic) bond motifs is 2. The van der Waals surface area contributed by atoms with Crippen molar-refractivity contribution in [3.63, 3.8) is 0 Å². The van der Waals surface area contributed by atoms with Gasteiger partial charge >= 0.3 is 12.1 Å². The lowest BCUT2D eigenvalue weighted by Crippen LogP contribution is -2.10. The van der Waals surface area contributed by atoms with Crippen LogP contribution >= 0.6 is 0 Å². The lowest BCUT2D eigenvalue weighted by atomic mass is 9.88. The van der Waals surface area contributed by atoms with Crippen LogP contribution in [-0.2, 0) is 23.8 Å². The molecule has 206 valence electrons. The Hall–Kier alpha value is -4.07. The van der Waals surface area contributed by atoms with Gasteiger partial charge in [0.25, 0.3) is 0 Å². The predicted molar refractivity (Wildman–Crippen MR) is 145 cm³/mol. The molecule has 8 heteroatoms. The molecule has 1 N–H and O–H groups in total. The third-order valence-corrected chi connectivity index (χ3v) is 8.14. The quantitative estimate of drug-likeness (QED) is 0.261. The van der Waals surface area contributed by atoms with Gasteiger partial charge in [-0.05, 0) is 96.7 Å². The van der Waals surface area contributed by atoms with Crippen LogP contribution in [0.4, 0.5) is 13.2 Å². The van der Waals surface area contributed by atoms with Crippen molar-refractivity contribution in [1.82, 2.24) is 9.78 Å². The highest BCUT2D eigenvalue weighted by atomic mass is 19.4. The minimum Gasteiger partial charge on any atom is -0.493 e. The summed E-state index contributed by atoms with van der Waals surface area (Å²) in [4.78, 5) is 11.1. The van der Waals surface area contributed by atoms with Crippen LogP contribution in [0.25, 0.3) is 16.8 Å². The maximum absolute atomic E-state index is 14.2. The standard InChI is InChI=1S/C32H29F3N2O3/c1-19-14-15-37(36-19)24-8-5-22(6-9-24)31-27-11-7-21(25(27)12-13-28(31)32(33,34)35)4-2-20-3-10-26-23(17-30(38)39)18-40-29(26)16-20/h3,5-6,8-10,12-16,21,23H,2,4,7,11,17-18H2,1H3,(H,38,39)/t21-,23-/m1/s1. The molecule has 1 aromatic heterocycles. The number of ether oxygens (including phenoxy) is 1. The number of benzene rings is 3. The van der Waals surface area contributed by atoms with Crippen molar-refractivity contribution in [3.8, 4) is 22.6 Å². The summed E-state index contributed by atoms with van der Waals surface area (Å²) in [5.74, 6) is -0.0812. The zero-order valence-corrected chi connectivity index (χ0v) is 22.0. The number of rotatable bonds is 7. The maximum Gasteiger partial charge on any atom is 0.417 e. The predicted octanol–water partition coefficient (Wildman–Crippen LogP) is 7.48. The Bertz CT molecular complexity index is 1570. The van der Waals surface area contributed by atoms with Crippen molar-refractivity contribution in [2.45, 2.75) is 57.0 Å². The molecule has 3 aromatic carbocycles. The first-order chi connectivity index (χ1) is 19.2. The van der Waals surface area contributed by atoms with Crippen LogP contribution in [0.1, 0.15) is 64.6 Å². The monoisotopic (exact) mass is 546 g/mol. The van der Waals surface area contributed by atoms with Gasteiger partial charge in [-0.1, -0.05) is 30.3 Å². The molecule has 2 aliphatic rings. The molecule has 2 heterocycles. The van der Waals surface area contributed by atoms with Crippen LogP contribution in [0.15, 0.2) is 66.9 Å². The normalized spacial score (nSPS) is 17.9. The molecule has 0 bridgehead atoms. The number of alkyl halides is 3. The number of carbonyl (C=O) groups is 1. The summed E-state index contributed by atoms with van der Waals surface area (Å²) in [6.07, 6.45) is 0.394. The fraction of sp³-hybridized carbons (Fsp3) is 0.312. The molecule has 0 unspecified atom stereocenters. The molecule has 1 aliphatic carbocycles. The summed E-state index contributed by atoms with van der Waals surface area (Å²) in [6.45, 7) is 2.26. The Balaban J connectivity index is 1.25. The molecule has 6 rings (SSSR count). The number of aryl methyl sites for hydroxylation is 2. The van der Waals surface area contributed by atoms with E-state index in [0.29, 0.717) is 18.6 Å². The molecule has 0 amide bonds. The number of carboxylic acids is 1. The average Bonchev–Trinajstić information content (AvgIpc) is 3.65. The molecule has 4 aromatic rings. The summed E-state index contributed by atoms with van der Waals surface area (Å²) >= 11 is 0. The third kappa shape index (κ3) is 4.98. The number of nitrogens with zero attached hydrogens (tertiary/aromatic N) is 2. The van der Waals surface area contributed by atoms with Crippen LogP contribution in [0.3, 0.4) is 0 Å². The first kappa shape index (κ1) is 26.2. The van der Waals surface area contributed by atoms with Crippen molar-refractivity contribution in [2.75, 3.05) is 6.61 Å². The number of halogens is 3. The van der Waals surface area contributed by atoms with E-state index < -0.39 is 17.7 Å². The second-order valence-electron chi connectivity index (χ2n) is 10.8. The van der Waals surface area contributed by atoms with E-state index in [1.54, 1.807) is 22.9 Å². The highest BCUT2D eigenvalue weighted by Crippen LogP contribution is 2.47. The Morgan fingerprint density at radius 1 is 1.05 bits per heavy atom. The highest BCUT2D eigenvalue weighted by Gasteiger charge is 2.37. The summed E-state index contributed by atoms with van der Waals surface area (Å²) < 4.78 is 50.0. The molecule has 0 saturated carbocycles. The second kappa shape index (κ2) is 10.2. The lowest BCUT2D eigenvalue weighted by molar-refractivity contribution is -0.138.